The molecule has 0 saturated heterocycles. The van der Waals surface area contributed by atoms with Crippen molar-refractivity contribution in [3.8, 4) is 0 Å². The summed E-state index contributed by atoms with van der Waals surface area (Å²) in [5, 5.41) is 30.6. The molecule has 7 nitrogen and oxygen atoms in total. The average molecular weight is 400 g/mol. The Labute approximate surface area is 168 Å². The average Bonchev–Trinajstić information content (AvgIpc) is 2.64. The summed E-state index contributed by atoms with van der Waals surface area (Å²) in [4.78, 5) is 34.8. The third kappa shape index (κ3) is 7.62. The van der Waals surface area contributed by atoms with E-state index in [0.29, 0.717) is 12.8 Å². The first-order chi connectivity index (χ1) is 13.1. The highest BCUT2D eigenvalue weighted by Gasteiger charge is 2.50. The monoisotopic (exact) mass is 399 g/mol. The molecule has 3 unspecified atom stereocenters. The number of unbranched alkanes of at least 4 members (excludes halogenated alkanes) is 6. The minimum absolute atomic E-state index is 0.136. The van der Waals surface area contributed by atoms with Crippen LogP contribution in [0.25, 0.3) is 0 Å². The molecule has 162 valence electrons. The van der Waals surface area contributed by atoms with Crippen LogP contribution in [0.1, 0.15) is 79.1 Å². The summed E-state index contributed by atoms with van der Waals surface area (Å²) < 4.78 is -0.572. The number of quaternary nitrogens is 1. The molecule has 0 bridgehead atoms. The van der Waals surface area contributed by atoms with Gasteiger partial charge in [0.25, 0.3) is 0 Å². The summed E-state index contributed by atoms with van der Waals surface area (Å²) in [7, 11) is 0. The number of aliphatic carboxylic acids is 3. The van der Waals surface area contributed by atoms with Crippen molar-refractivity contribution in [2.45, 2.75) is 97.2 Å². The van der Waals surface area contributed by atoms with Crippen LogP contribution in [0.3, 0.4) is 0 Å². The zero-order chi connectivity index (χ0) is 21.7. The van der Waals surface area contributed by atoms with Gasteiger partial charge in [-0.25, -0.2) is 9.59 Å². The smallest absolute Gasteiger partial charge is 0.362 e. The van der Waals surface area contributed by atoms with Crippen molar-refractivity contribution >= 4 is 17.9 Å². The fourth-order valence-electron chi connectivity index (χ4n) is 3.78. The lowest BCUT2D eigenvalue weighted by molar-refractivity contribution is -0.969. The summed E-state index contributed by atoms with van der Waals surface area (Å²) in [6, 6.07) is -3.61. The molecule has 0 rings (SSSR count). The van der Waals surface area contributed by atoms with Crippen molar-refractivity contribution in [2.75, 3.05) is 6.54 Å². The van der Waals surface area contributed by atoms with Gasteiger partial charge in [-0.05, 0) is 40.0 Å². The first kappa shape index (κ1) is 26.1. The number of hydrogen-bond acceptors (Lipinski definition) is 4. The van der Waals surface area contributed by atoms with Crippen LogP contribution in [0.5, 0.6) is 0 Å². The molecule has 0 aliphatic rings. The first-order valence-electron chi connectivity index (χ1n) is 10.3. The van der Waals surface area contributed by atoms with E-state index in [-0.39, 0.29) is 6.54 Å². The molecule has 0 aromatic carbocycles. The van der Waals surface area contributed by atoms with E-state index in [4.69, 9.17) is 0 Å². The van der Waals surface area contributed by atoms with E-state index < -0.39 is 40.5 Å². The van der Waals surface area contributed by atoms with Gasteiger partial charge in [0.2, 0.25) is 0 Å². The van der Waals surface area contributed by atoms with Gasteiger partial charge in [-0.15, -0.1) is 0 Å². The van der Waals surface area contributed by atoms with Gasteiger partial charge < -0.3 is 20.1 Å². The minimum Gasteiger partial charge on any atom is -0.544 e. The fourth-order valence-corrected chi connectivity index (χ4v) is 3.78. The highest BCUT2D eigenvalue weighted by atomic mass is 16.4. The van der Waals surface area contributed by atoms with E-state index in [1.807, 2.05) is 6.08 Å². The van der Waals surface area contributed by atoms with Crippen molar-refractivity contribution in [1.29, 1.82) is 0 Å². The Morgan fingerprint density at radius 3 is 1.71 bits per heavy atom. The maximum atomic E-state index is 11.6. The molecule has 2 N–H and O–H groups in total. The second-order valence-electron chi connectivity index (χ2n) is 7.56. The summed E-state index contributed by atoms with van der Waals surface area (Å²) in [5.74, 6) is -3.88. The van der Waals surface area contributed by atoms with Gasteiger partial charge in [-0.2, -0.15) is 0 Å². The number of nitrogens with zero attached hydrogens (tertiary/aromatic N) is 1. The molecule has 7 heteroatoms. The van der Waals surface area contributed by atoms with E-state index in [0.717, 1.165) is 12.8 Å². The third-order valence-electron chi connectivity index (χ3n) is 5.78. The number of carboxylic acids is 3. The maximum absolute atomic E-state index is 11.6. The van der Waals surface area contributed by atoms with Gasteiger partial charge >= 0.3 is 11.9 Å². The topological polar surface area (TPSA) is 115 Å². The van der Waals surface area contributed by atoms with Crippen molar-refractivity contribution < 1.29 is 34.2 Å². The SMILES string of the molecule is CCCCCCC/C=C/CCC[N+](C(C)C(=O)[O-])(C(C)C(=O)O)C(C)C(=O)O. The highest BCUT2D eigenvalue weighted by molar-refractivity contribution is 5.76. The second kappa shape index (κ2) is 13.3. The molecule has 0 radical (unpaired) electrons. The van der Waals surface area contributed by atoms with Crippen LogP contribution >= 0.6 is 0 Å². The predicted octanol–water partition coefficient (Wildman–Crippen LogP) is 2.58. The van der Waals surface area contributed by atoms with Crippen molar-refractivity contribution in [3.05, 3.63) is 12.2 Å². The van der Waals surface area contributed by atoms with E-state index >= 15 is 0 Å². The Kier molecular flexibility index (Phi) is 12.4. The summed E-state index contributed by atoms with van der Waals surface area (Å²) in [6.45, 7) is 6.38. The lowest BCUT2D eigenvalue weighted by Crippen LogP contribution is -2.71. The van der Waals surface area contributed by atoms with Gasteiger partial charge in [-0.3, -0.25) is 4.48 Å². The Balaban J connectivity index is 5.06. The van der Waals surface area contributed by atoms with Crippen LogP contribution in [-0.2, 0) is 14.4 Å². The van der Waals surface area contributed by atoms with Crippen LogP contribution in [-0.4, -0.2) is 57.3 Å². The Hall–Kier alpha value is -1.89. The first-order valence-corrected chi connectivity index (χ1v) is 10.3. The zero-order valence-electron chi connectivity index (χ0n) is 17.7. The molecule has 0 aliphatic carbocycles. The molecular weight excluding hydrogens is 362 g/mol. The molecule has 0 fully saturated rings. The molecule has 3 atom stereocenters. The quantitative estimate of drug-likeness (QED) is 0.234. The van der Waals surface area contributed by atoms with Gasteiger partial charge in [0.15, 0.2) is 12.1 Å². The lowest BCUT2D eigenvalue weighted by atomic mass is 10.0. The summed E-state index contributed by atoms with van der Waals surface area (Å²) in [6.07, 6.45) is 12.3. The van der Waals surface area contributed by atoms with Crippen LogP contribution in [0, 0.1) is 0 Å². The summed E-state index contributed by atoms with van der Waals surface area (Å²) in [5.41, 5.74) is 0. The largest absolute Gasteiger partial charge is 0.544 e. The predicted molar refractivity (Wildman–Crippen MR) is 106 cm³/mol. The van der Waals surface area contributed by atoms with Crippen molar-refractivity contribution in [2.24, 2.45) is 0 Å². The third-order valence-corrected chi connectivity index (χ3v) is 5.78. The number of carbonyl (C=O) groups excluding carboxylic acids is 1. The second-order valence-corrected chi connectivity index (χ2v) is 7.56. The van der Waals surface area contributed by atoms with Crippen LogP contribution < -0.4 is 5.11 Å². The molecule has 28 heavy (non-hydrogen) atoms. The Morgan fingerprint density at radius 1 is 0.821 bits per heavy atom. The standard InChI is InChI=1S/C21H37NO6/c1-5-6-7-8-9-10-11-12-13-14-15-22(16(2)19(23)24,17(3)20(25)26)18(4)21(27)28/h11-12,16-18H,5-10,13-15H2,1-4H3,(H2-,23,24,25,26,27,28)/b12-11+. The van der Waals surface area contributed by atoms with Gasteiger partial charge in [0.05, 0.1) is 12.5 Å². The fraction of sp³-hybridized carbons (Fsp3) is 0.762. The van der Waals surface area contributed by atoms with Crippen LogP contribution in [0.15, 0.2) is 12.2 Å². The molecular formula is C21H37NO6. The normalized spacial score (nSPS) is 17.0. The number of rotatable bonds is 16. The highest BCUT2D eigenvalue weighted by Crippen LogP contribution is 2.27. The number of carboxylic acid groups (broad SMARTS) is 3. The van der Waals surface area contributed by atoms with E-state index in [1.165, 1.54) is 46.5 Å². The van der Waals surface area contributed by atoms with Crippen molar-refractivity contribution in [1.82, 2.24) is 0 Å². The Bertz CT molecular complexity index is 481. The zero-order valence-corrected chi connectivity index (χ0v) is 17.7. The van der Waals surface area contributed by atoms with Crippen LogP contribution in [0.4, 0.5) is 0 Å². The molecule has 0 aliphatic heterocycles. The van der Waals surface area contributed by atoms with Gasteiger partial charge in [0.1, 0.15) is 6.04 Å². The molecule has 0 aromatic rings. The lowest BCUT2D eigenvalue weighted by Gasteiger charge is -2.49. The molecule has 0 aromatic heterocycles. The van der Waals surface area contributed by atoms with Crippen molar-refractivity contribution in [3.63, 3.8) is 0 Å². The molecule has 0 saturated carbocycles. The van der Waals surface area contributed by atoms with Crippen LogP contribution in [0.2, 0.25) is 0 Å². The Morgan fingerprint density at radius 2 is 1.29 bits per heavy atom. The molecule has 0 amide bonds. The summed E-state index contributed by atoms with van der Waals surface area (Å²) >= 11 is 0. The minimum atomic E-state index is -1.44. The van der Waals surface area contributed by atoms with E-state index in [1.54, 1.807) is 0 Å². The molecule has 0 spiro atoms. The number of allylic oxidation sites excluding steroid dienone is 2. The van der Waals surface area contributed by atoms with E-state index in [2.05, 4.69) is 13.0 Å². The van der Waals surface area contributed by atoms with Gasteiger partial charge in [-0.1, -0.05) is 44.8 Å². The van der Waals surface area contributed by atoms with E-state index in [9.17, 15) is 29.7 Å². The maximum Gasteiger partial charge on any atom is 0.362 e. The number of hydrogen-bond donors (Lipinski definition) is 2. The molecule has 0 heterocycles. The van der Waals surface area contributed by atoms with Gasteiger partial charge in [0, 0.05) is 6.42 Å². The number of carbonyl (C=O) groups is 3.